The van der Waals surface area contributed by atoms with Crippen LogP contribution >= 0.6 is 0 Å². The van der Waals surface area contributed by atoms with E-state index in [4.69, 9.17) is 9.97 Å². The minimum atomic E-state index is -0.419. The van der Waals surface area contributed by atoms with Gasteiger partial charge in [0.05, 0.1) is 16.6 Å². The predicted octanol–water partition coefficient (Wildman–Crippen LogP) is 11.6. The fourth-order valence-electron chi connectivity index (χ4n) is 8.89. The van der Waals surface area contributed by atoms with Gasteiger partial charge in [-0.25, -0.2) is 9.97 Å². The first-order chi connectivity index (χ1) is 24.3. The number of hydrogen-bond acceptors (Lipinski definition) is 2. The van der Waals surface area contributed by atoms with Gasteiger partial charge in [0.1, 0.15) is 0 Å². The Labute approximate surface area is 284 Å². The summed E-state index contributed by atoms with van der Waals surface area (Å²) in [7, 11) is 0. The molecule has 226 valence electrons. The lowest BCUT2D eigenvalue weighted by molar-refractivity contribution is 0.797. The summed E-state index contributed by atoms with van der Waals surface area (Å²) in [4.78, 5) is 10.7. The minimum Gasteiger partial charge on any atom is -0.228 e. The second-order valence-corrected chi connectivity index (χ2v) is 13.3. The van der Waals surface area contributed by atoms with Crippen molar-refractivity contribution in [1.29, 1.82) is 0 Å². The SMILES string of the molecule is c1ccc(-c2ccc(-c3nc(-c4cccc5c4-c4ccccc4C54c5cccc6ccc7cccc4c7c56)nc4ccccc34)cc2)cc1. The zero-order valence-corrected chi connectivity index (χ0v) is 26.6. The molecule has 0 aliphatic heterocycles. The quantitative estimate of drug-likeness (QED) is 0.184. The zero-order valence-electron chi connectivity index (χ0n) is 26.6. The molecule has 11 rings (SSSR count). The van der Waals surface area contributed by atoms with Crippen LogP contribution in [0.2, 0.25) is 0 Å². The highest BCUT2D eigenvalue weighted by molar-refractivity contribution is 6.17. The molecule has 0 atom stereocenters. The van der Waals surface area contributed by atoms with E-state index in [0.717, 1.165) is 33.5 Å². The Morgan fingerprint density at radius 2 is 0.939 bits per heavy atom. The largest absolute Gasteiger partial charge is 0.228 e. The molecule has 2 aliphatic carbocycles. The molecule has 0 N–H and O–H groups in total. The van der Waals surface area contributed by atoms with Gasteiger partial charge in [0.25, 0.3) is 0 Å². The van der Waals surface area contributed by atoms with Crippen LogP contribution in [0.15, 0.2) is 170 Å². The van der Waals surface area contributed by atoms with Crippen LogP contribution in [0.5, 0.6) is 0 Å². The highest BCUT2D eigenvalue weighted by Gasteiger charge is 2.51. The van der Waals surface area contributed by atoms with E-state index >= 15 is 0 Å². The summed E-state index contributed by atoms with van der Waals surface area (Å²) < 4.78 is 0. The number of rotatable bonds is 3. The first kappa shape index (κ1) is 26.7. The summed E-state index contributed by atoms with van der Waals surface area (Å²) >= 11 is 0. The summed E-state index contributed by atoms with van der Waals surface area (Å²) in [6.45, 7) is 0. The van der Waals surface area contributed by atoms with Gasteiger partial charge in [-0.15, -0.1) is 0 Å². The minimum absolute atomic E-state index is 0.419. The molecule has 1 aromatic heterocycles. The van der Waals surface area contributed by atoms with Gasteiger partial charge < -0.3 is 0 Å². The Morgan fingerprint density at radius 3 is 1.71 bits per heavy atom. The second-order valence-electron chi connectivity index (χ2n) is 13.3. The maximum Gasteiger partial charge on any atom is 0.161 e. The molecule has 0 bridgehead atoms. The third-order valence-electron chi connectivity index (χ3n) is 10.9. The predicted molar refractivity (Wildman–Crippen MR) is 202 cm³/mol. The number of benzene rings is 8. The van der Waals surface area contributed by atoms with Gasteiger partial charge in [0.15, 0.2) is 5.82 Å². The Morgan fingerprint density at radius 1 is 0.367 bits per heavy atom. The van der Waals surface area contributed by atoms with Gasteiger partial charge in [0.2, 0.25) is 0 Å². The fraction of sp³-hybridized carbons (Fsp3) is 0.0213. The normalized spacial score (nSPS) is 13.5. The first-order valence-corrected chi connectivity index (χ1v) is 16.9. The Balaban J connectivity index is 1.18. The van der Waals surface area contributed by atoms with Gasteiger partial charge in [-0.1, -0.05) is 164 Å². The number of para-hydroxylation sites is 1. The van der Waals surface area contributed by atoms with E-state index in [1.807, 2.05) is 0 Å². The summed E-state index contributed by atoms with van der Waals surface area (Å²) in [6.07, 6.45) is 0. The Kier molecular flexibility index (Phi) is 5.34. The number of fused-ring (bicyclic) bond motifs is 8. The van der Waals surface area contributed by atoms with E-state index in [9.17, 15) is 0 Å². The summed E-state index contributed by atoms with van der Waals surface area (Å²) in [6, 6.07) is 61.6. The molecule has 49 heavy (non-hydrogen) atoms. The maximum absolute atomic E-state index is 5.42. The van der Waals surface area contributed by atoms with E-state index in [-0.39, 0.29) is 0 Å². The second kappa shape index (κ2) is 9.82. The van der Waals surface area contributed by atoms with Crippen molar-refractivity contribution in [3.8, 4) is 44.9 Å². The molecule has 9 aromatic rings. The molecule has 0 unspecified atom stereocenters. The number of aromatic nitrogens is 2. The van der Waals surface area contributed by atoms with Crippen LogP contribution in [0.25, 0.3) is 77.3 Å². The molecule has 0 amide bonds. The molecule has 1 heterocycles. The molecule has 0 saturated heterocycles. The van der Waals surface area contributed by atoms with Crippen LogP contribution in [0.3, 0.4) is 0 Å². The summed E-state index contributed by atoms with van der Waals surface area (Å²) in [5.74, 6) is 0.747. The van der Waals surface area contributed by atoms with Gasteiger partial charge >= 0.3 is 0 Å². The molecule has 0 fully saturated rings. The van der Waals surface area contributed by atoms with Crippen LogP contribution in [-0.4, -0.2) is 9.97 Å². The molecule has 1 spiro atoms. The fourth-order valence-corrected chi connectivity index (χ4v) is 8.89. The average Bonchev–Trinajstić information content (AvgIpc) is 3.65. The highest BCUT2D eigenvalue weighted by Crippen LogP contribution is 2.63. The molecule has 2 heteroatoms. The molecular formula is C47H28N2. The van der Waals surface area contributed by atoms with Crippen LogP contribution < -0.4 is 0 Å². The Hall–Kier alpha value is -6.38. The lowest BCUT2D eigenvalue weighted by atomic mass is 9.70. The van der Waals surface area contributed by atoms with Crippen molar-refractivity contribution < 1.29 is 0 Å². The van der Waals surface area contributed by atoms with Crippen molar-refractivity contribution in [3.05, 3.63) is 192 Å². The highest BCUT2D eigenvalue weighted by atomic mass is 14.9. The van der Waals surface area contributed by atoms with Crippen molar-refractivity contribution in [1.82, 2.24) is 9.97 Å². The smallest absolute Gasteiger partial charge is 0.161 e. The van der Waals surface area contributed by atoms with E-state index in [1.165, 1.54) is 66.1 Å². The van der Waals surface area contributed by atoms with E-state index < -0.39 is 5.41 Å². The van der Waals surface area contributed by atoms with Gasteiger partial charge in [0, 0.05) is 16.5 Å². The van der Waals surface area contributed by atoms with Crippen molar-refractivity contribution in [2.75, 3.05) is 0 Å². The molecular weight excluding hydrogens is 593 g/mol. The van der Waals surface area contributed by atoms with Gasteiger partial charge in [-0.05, 0) is 72.1 Å². The van der Waals surface area contributed by atoms with Crippen LogP contribution in [0, 0.1) is 0 Å². The van der Waals surface area contributed by atoms with E-state index in [1.54, 1.807) is 0 Å². The number of nitrogens with zero attached hydrogens (tertiary/aromatic N) is 2. The number of hydrogen-bond donors (Lipinski definition) is 0. The van der Waals surface area contributed by atoms with Crippen molar-refractivity contribution in [2.45, 2.75) is 5.41 Å². The van der Waals surface area contributed by atoms with Crippen LogP contribution in [-0.2, 0) is 5.41 Å². The monoisotopic (exact) mass is 620 g/mol. The van der Waals surface area contributed by atoms with Crippen LogP contribution in [0.1, 0.15) is 22.3 Å². The lowest BCUT2D eigenvalue weighted by Crippen LogP contribution is -2.26. The topological polar surface area (TPSA) is 25.8 Å². The van der Waals surface area contributed by atoms with E-state index in [2.05, 4.69) is 170 Å². The molecule has 0 saturated carbocycles. The summed E-state index contributed by atoms with van der Waals surface area (Å²) in [5.41, 5.74) is 13.8. The zero-order chi connectivity index (χ0) is 32.1. The molecule has 2 aliphatic rings. The third kappa shape index (κ3) is 3.50. The van der Waals surface area contributed by atoms with Crippen molar-refractivity contribution in [2.24, 2.45) is 0 Å². The Bertz CT molecular complexity index is 2750. The average molecular weight is 621 g/mol. The lowest BCUT2D eigenvalue weighted by Gasteiger charge is -2.31. The van der Waals surface area contributed by atoms with Gasteiger partial charge in [-0.3, -0.25) is 0 Å². The van der Waals surface area contributed by atoms with Crippen LogP contribution in [0.4, 0.5) is 0 Å². The molecule has 0 radical (unpaired) electrons. The third-order valence-corrected chi connectivity index (χ3v) is 10.9. The van der Waals surface area contributed by atoms with Crippen molar-refractivity contribution in [3.63, 3.8) is 0 Å². The standard InChI is InChI=1S/C47H28N2/c1-2-11-29(12-3-1)30-23-27-33(28-24-30)45-35-16-5-7-22-41(35)48-46(49-45)36-17-10-21-40-44(36)34-15-4-6-18-37(34)47(40)38-19-8-13-31-25-26-32-14-9-20-39(47)43(32)42(31)38/h1-28H. The van der Waals surface area contributed by atoms with Gasteiger partial charge in [-0.2, -0.15) is 0 Å². The van der Waals surface area contributed by atoms with Crippen molar-refractivity contribution >= 4 is 32.4 Å². The molecule has 8 aromatic carbocycles. The molecule has 2 nitrogen and oxygen atoms in total. The maximum atomic E-state index is 5.42. The van der Waals surface area contributed by atoms with E-state index in [0.29, 0.717) is 0 Å². The summed E-state index contributed by atoms with van der Waals surface area (Å²) in [5, 5.41) is 6.36. The first-order valence-electron chi connectivity index (χ1n) is 16.9.